The maximum absolute atomic E-state index is 13.1. The fourth-order valence-electron chi connectivity index (χ4n) is 2.15. The first-order valence-corrected chi connectivity index (χ1v) is 7.59. The van der Waals surface area contributed by atoms with Crippen molar-refractivity contribution in [3.8, 4) is 0 Å². The predicted octanol–water partition coefficient (Wildman–Crippen LogP) is 2.01. The molecule has 2 N–H and O–H groups in total. The van der Waals surface area contributed by atoms with Crippen LogP contribution < -0.4 is 10.6 Å². The molecule has 0 unspecified atom stereocenters. The number of urea groups is 1. The summed E-state index contributed by atoms with van der Waals surface area (Å²) in [6, 6.07) is 3.82. The summed E-state index contributed by atoms with van der Waals surface area (Å²) in [7, 11) is 0. The Bertz CT molecular complexity index is 533. The molecule has 1 fully saturated rings. The van der Waals surface area contributed by atoms with Gasteiger partial charge in [0.2, 0.25) is 5.91 Å². The van der Waals surface area contributed by atoms with Gasteiger partial charge in [0.25, 0.3) is 0 Å². The lowest BCUT2D eigenvalue weighted by Gasteiger charge is -2.15. The summed E-state index contributed by atoms with van der Waals surface area (Å²) in [5.74, 6) is -0.436. The largest absolute Gasteiger partial charge is 0.341 e. The van der Waals surface area contributed by atoms with Gasteiger partial charge in [-0.15, -0.1) is 0 Å². The SMILES string of the molecule is O=C(NCC(=O)N1CCCC1)NCc1cc(F)ccc1Br. The molecule has 2 rings (SSSR count). The minimum atomic E-state index is -0.446. The van der Waals surface area contributed by atoms with Gasteiger partial charge in [-0.1, -0.05) is 15.9 Å². The number of nitrogens with zero attached hydrogens (tertiary/aromatic N) is 1. The fourth-order valence-corrected chi connectivity index (χ4v) is 2.54. The molecule has 114 valence electrons. The molecule has 5 nitrogen and oxygen atoms in total. The van der Waals surface area contributed by atoms with Crippen molar-refractivity contribution in [3.05, 3.63) is 34.1 Å². The van der Waals surface area contributed by atoms with Crippen molar-refractivity contribution in [2.24, 2.45) is 0 Å². The van der Waals surface area contributed by atoms with E-state index in [9.17, 15) is 14.0 Å². The van der Waals surface area contributed by atoms with E-state index in [0.717, 1.165) is 30.4 Å². The zero-order chi connectivity index (χ0) is 15.2. The highest BCUT2D eigenvalue weighted by atomic mass is 79.9. The Morgan fingerprint density at radius 3 is 2.67 bits per heavy atom. The van der Waals surface area contributed by atoms with Crippen LogP contribution in [0.15, 0.2) is 22.7 Å². The first kappa shape index (κ1) is 15.8. The van der Waals surface area contributed by atoms with Crippen LogP contribution in [0.3, 0.4) is 0 Å². The first-order chi connectivity index (χ1) is 10.1. The molecule has 0 aromatic heterocycles. The molecule has 0 atom stereocenters. The third-order valence-electron chi connectivity index (χ3n) is 3.31. The molecule has 0 aliphatic carbocycles. The van der Waals surface area contributed by atoms with E-state index in [1.807, 2.05) is 0 Å². The van der Waals surface area contributed by atoms with Crippen LogP contribution in [0.25, 0.3) is 0 Å². The molecule has 1 saturated heterocycles. The molecule has 1 aliphatic heterocycles. The summed E-state index contributed by atoms with van der Waals surface area (Å²) in [5, 5.41) is 5.11. The van der Waals surface area contributed by atoms with Gasteiger partial charge in [-0.05, 0) is 36.6 Å². The van der Waals surface area contributed by atoms with Crippen LogP contribution in [0.2, 0.25) is 0 Å². The highest BCUT2D eigenvalue weighted by Crippen LogP contribution is 2.17. The first-order valence-electron chi connectivity index (χ1n) is 6.79. The lowest BCUT2D eigenvalue weighted by molar-refractivity contribution is -0.128. The zero-order valence-electron chi connectivity index (χ0n) is 11.5. The zero-order valence-corrected chi connectivity index (χ0v) is 13.1. The average molecular weight is 358 g/mol. The van der Waals surface area contributed by atoms with Gasteiger partial charge in [-0.2, -0.15) is 0 Å². The molecule has 0 saturated carbocycles. The Morgan fingerprint density at radius 1 is 1.24 bits per heavy atom. The third kappa shape index (κ3) is 4.70. The summed E-state index contributed by atoms with van der Waals surface area (Å²) in [6.07, 6.45) is 2.04. The van der Waals surface area contributed by atoms with Crippen LogP contribution >= 0.6 is 15.9 Å². The molecule has 0 radical (unpaired) electrons. The van der Waals surface area contributed by atoms with E-state index < -0.39 is 6.03 Å². The Hall–Kier alpha value is -1.63. The Morgan fingerprint density at radius 2 is 1.95 bits per heavy atom. The van der Waals surface area contributed by atoms with Gasteiger partial charge in [0.05, 0.1) is 6.54 Å². The number of carbonyl (C=O) groups is 2. The van der Waals surface area contributed by atoms with Crippen LogP contribution in [0.1, 0.15) is 18.4 Å². The molecule has 1 aromatic rings. The molecule has 3 amide bonds. The van der Waals surface area contributed by atoms with E-state index in [1.165, 1.54) is 12.1 Å². The van der Waals surface area contributed by atoms with Crippen molar-refractivity contribution in [1.82, 2.24) is 15.5 Å². The maximum atomic E-state index is 13.1. The smallest absolute Gasteiger partial charge is 0.315 e. The Labute approximate surface area is 131 Å². The summed E-state index contributed by atoms with van der Waals surface area (Å²) in [4.78, 5) is 25.1. The minimum absolute atomic E-state index is 0.0177. The molecule has 0 bridgehead atoms. The molecule has 7 heteroatoms. The lowest BCUT2D eigenvalue weighted by Crippen LogP contribution is -2.42. The second-order valence-electron chi connectivity index (χ2n) is 4.86. The highest BCUT2D eigenvalue weighted by molar-refractivity contribution is 9.10. The minimum Gasteiger partial charge on any atom is -0.341 e. The predicted molar refractivity (Wildman–Crippen MR) is 80.2 cm³/mol. The van der Waals surface area contributed by atoms with Crippen molar-refractivity contribution in [1.29, 1.82) is 0 Å². The van der Waals surface area contributed by atoms with Crippen molar-refractivity contribution in [2.75, 3.05) is 19.6 Å². The quantitative estimate of drug-likeness (QED) is 0.865. The van der Waals surface area contributed by atoms with Gasteiger partial charge in [0, 0.05) is 24.1 Å². The highest BCUT2D eigenvalue weighted by Gasteiger charge is 2.18. The molecule has 21 heavy (non-hydrogen) atoms. The summed E-state index contributed by atoms with van der Waals surface area (Å²) in [6.45, 7) is 1.69. The molecular weight excluding hydrogens is 341 g/mol. The topological polar surface area (TPSA) is 61.4 Å². The fraction of sp³-hybridized carbons (Fsp3) is 0.429. The normalized spacial score (nSPS) is 14.1. The van der Waals surface area contributed by atoms with E-state index in [1.54, 1.807) is 11.0 Å². The van der Waals surface area contributed by atoms with Crippen molar-refractivity contribution < 1.29 is 14.0 Å². The molecule has 1 aliphatic rings. The Balaban J connectivity index is 1.74. The van der Waals surface area contributed by atoms with E-state index in [2.05, 4.69) is 26.6 Å². The lowest BCUT2D eigenvalue weighted by atomic mass is 10.2. The second kappa shape index (κ2) is 7.40. The number of rotatable bonds is 4. The van der Waals surface area contributed by atoms with Crippen LogP contribution in [-0.4, -0.2) is 36.5 Å². The van der Waals surface area contributed by atoms with E-state index in [0.29, 0.717) is 5.56 Å². The van der Waals surface area contributed by atoms with Crippen molar-refractivity contribution in [2.45, 2.75) is 19.4 Å². The average Bonchev–Trinajstić information content (AvgIpc) is 3.00. The van der Waals surface area contributed by atoms with E-state index in [4.69, 9.17) is 0 Å². The van der Waals surface area contributed by atoms with Gasteiger partial charge >= 0.3 is 6.03 Å². The number of benzene rings is 1. The number of amides is 3. The number of halogens is 2. The van der Waals surface area contributed by atoms with Crippen molar-refractivity contribution >= 4 is 27.9 Å². The Kier molecular flexibility index (Phi) is 5.55. The van der Waals surface area contributed by atoms with Crippen LogP contribution in [0.5, 0.6) is 0 Å². The summed E-state index contributed by atoms with van der Waals surface area (Å²) >= 11 is 3.29. The van der Waals surface area contributed by atoms with Gasteiger partial charge < -0.3 is 15.5 Å². The van der Waals surface area contributed by atoms with Crippen LogP contribution in [0, 0.1) is 5.82 Å². The number of hydrogen-bond donors (Lipinski definition) is 2. The van der Waals surface area contributed by atoms with E-state index >= 15 is 0 Å². The van der Waals surface area contributed by atoms with Crippen LogP contribution in [0.4, 0.5) is 9.18 Å². The molecule has 1 aromatic carbocycles. The van der Waals surface area contributed by atoms with Gasteiger partial charge in [-0.25, -0.2) is 9.18 Å². The number of hydrogen-bond acceptors (Lipinski definition) is 2. The number of likely N-dealkylation sites (tertiary alicyclic amines) is 1. The van der Waals surface area contributed by atoms with Gasteiger partial charge in [-0.3, -0.25) is 4.79 Å². The number of carbonyl (C=O) groups excluding carboxylic acids is 2. The second-order valence-corrected chi connectivity index (χ2v) is 5.71. The molecular formula is C14H17BrFN3O2. The summed E-state index contributed by atoms with van der Waals surface area (Å²) in [5.41, 5.74) is 0.635. The van der Waals surface area contributed by atoms with Crippen LogP contribution in [-0.2, 0) is 11.3 Å². The van der Waals surface area contributed by atoms with Gasteiger partial charge in [0.15, 0.2) is 0 Å². The molecule has 1 heterocycles. The maximum Gasteiger partial charge on any atom is 0.315 e. The monoisotopic (exact) mass is 357 g/mol. The van der Waals surface area contributed by atoms with Gasteiger partial charge in [0.1, 0.15) is 5.82 Å². The van der Waals surface area contributed by atoms with Crippen molar-refractivity contribution in [3.63, 3.8) is 0 Å². The molecule has 0 spiro atoms. The summed E-state index contributed by atoms with van der Waals surface area (Å²) < 4.78 is 13.8. The third-order valence-corrected chi connectivity index (χ3v) is 4.08. The number of nitrogens with one attached hydrogen (secondary N) is 2. The van der Waals surface area contributed by atoms with E-state index in [-0.39, 0.29) is 24.8 Å². The standard InChI is InChI=1S/C14H17BrFN3O2/c15-12-4-3-11(16)7-10(12)8-17-14(21)18-9-13(20)19-5-1-2-6-19/h3-4,7H,1-2,5-6,8-9H2,(H2,17,18,21).